The topological polar surface area (TPSA) is 110 Å². The number of carbonyl (C=O) groups excluding carboxylic acids is 1. The number of oxazole rings is 1. The Morgan fingerprint density at radius 3 is 3.00 bits per heavy atom. The Labute approximate surface area is 104 Å². The number of nitrogens with one attached hydrogen (secondary N) is 2. The number of imidazole rings is 1. The van der Waals surface area contributed by atoms with Gasteiger partial charge >= 0.3 is 0 Å². The summed E-state index contributed by atoms with van der Waals surface area (Å²) in [5.41, 5.74) is 6.31. The molecule has 4 N–H and O–H groups in total. The first-order valence-corrected chi connectivity index (χ1v) is 5.61. The lowest BCUT2D eigenvalue weighted by Gasteiger charge is -2.04. The summed E-state index contributed by atoms with van der Waals surface area (Å²) in [6, 6.07) is 0. The maximum atomic E-state index is 11.7. The van der Waals surface area contributed by atoms with Crippen LogP contribution in [-0.2, 0) is 0 Å². The monoisotopic (exact) mass is 249 g/mol. The Morgan fingerprint density at radius 2 is 2.39 bits per heavy atom. The molecule has 0 aliphatic carbocycles. The summed E-state index contributed by atoms with van der Waals surface area (Å²) in [5, 5.41) is 2.75. The number of nitrogens with zero attached hydrogens (tertiary/aromatic N) is 2. The molecule has 7 nitrogen and oxygen atoms in total. The molecule has 96 valence electrons. The van der Waals surface area contributed by atoms with Gasteiger partial charge in [-0.05, 0) is 5.92 Å². The lowest BCUT2D eigenvalue weighted by atomic mass is 10.2. The molecular weight excluding hydrogens is 234 g/mol. The van der Waals surface area contributed by atoms with Crippen molar-refractivity contribution in [3.63, 3.8) is 0 Å². The van der Waals surface area contributed by atoms with Gasteiger partial charge in [-0.3, -0.25) is 4.79 Å². The van der Waals surface area contributed by atoms with Crippen LogP contribution in [-0.4, -0.2) is 27.4 Å². The van der Waals surface area contributed by atoms with Crippen molar-refractivity contribution in [1.82, 2.24) is 20.3 Å². The van der Waals surface area contributed by atoms with Crippen LogP contribution in [0.2, 0.25) is 0 Å². The van der Waals surface area contributed by atoms with Crippen LogP contribution in [0.4, 0.5) is 5.82 Å². The van der Waals surface area contributed by atoms with Gasteiger partial charge < -0.3 is 20.5 Å². The summed E-state index contributed by atoms with van der Waals surface area (Å²) in [6.07, 6.45) is 2.73. The average Bonchev–Trinajstić information content (AvgIpc) is 2.93. The SMILES string of the molecule is CC(C)CNC(=O)c1coc(-c2[nH]cnc2N)n1. The summed E-state index contributed by atoms with van der Waals surface area (Å²) in [4.78, 5) is 22.4. The maximum absolute atomic E-state index is 11.7. The molecule has 0 atom stereocenters. The van der Waals surface area contributed by atoms with E-state index in [1.807, 2.05) is 13.8 Å². The van der Waals surface area contributed by atoms with E-state index in [1.165, 1.54) is 12.6 Å². The van der Waals surface area contributed by atoms with Gasteiger partial charge in [-0.2, -0.15) is 0 Å². The number of carbonyl (C=O) groups is 1. The van der Waals surface area contributed by atoms with Crippen LogP contribution in [0.1, 0.15) is 24.3 Å². The Morgan fingerprint density at radius 1 is 1.61 bits per heavy atom. The minimum atomic E-state index is -0.267. The third-order valence-corrected chi connectivity index (χ3v) is 2.29. The lowest BCUT2D eigenvalue weighted by Crippen LogP contribution is -2.27. The number of hydrogen-bond donors (Lipinski definition) is 3. The molecule has 0 bridgehead atoms. The number of H-pyrrole nitrogens is 1. The van der Waals surface area contributed by atoms with Crippen LogP contribution in [0, 0.1) is 5.92 Å². The van der Waals surface area contributed by atoms with E-state index in [2.05, 4.69) is 20.3 Å². The van der Waals surface area contributed by atoms with Gasteiger partial charge in [0.1, 0.15) is 12.0 Å². The Kier molecular flexibility index (Phi) is 3.31. The Balaban J connectivity index is 2.11. The molecule has 0 spiro atoms. The third-order valence-electron chi connectivity index (χ3n) is 2.29. The number of nitrogens with two attached hydrogens (primary N) is 1. The number of rotatable bonds is 4. The second-order valence-electron chi connectivity index (χ2n) is 4.30. The standard InChI is InChI=1S/C11H15N5O2/c1-6(2)3-13-10(17)7-4-18-11(16-7)8-9(12)15-5-14-8/h4-6H,3,12H2,1-2H3,(H,13,17)(H,14,15). The van der Waals surface area contributed by atoms with Crippen molar-refractivity contribution in [2.75, 3.05) is 12.3 Å². The number of nitrogen functional groups attached to an aromatic ring is 1. The summed E-state index contributed by atoms with van der Waals surface area (Å²) in [5.74, 6) is 0.644. The molecule has 2 aromatic heterocycles. The zero-order chi connectivity index (χ0) is 13.1. The van der Waals surface area contributed by atoms with Gasteiger partial charge in [0.2, 0.25) is 5.89 Å². The summed E-state index contributed by atoms with van der Waals surface area (Å²) >= 11 is 0. The summed E-state index contributed by atoms with van der Waals surface area (Å²) < 4.78 is 5.19. The van der Waals surface area contributed by atoms with E-state index in [0.29, 0.717) is 18.2 Å². The van der Waals surface area contributed by atoms with Crippen molar-refractivity contribution in [2.45, 2.75) is 13.8 Å². The van der Waals surface area contributed by atoms with Crippen molar-refractivity contribution in [3.8, 4) is 11.6 Å². The molecular formula is C11H15N5O2. The molecule has 0 aromatic carbocycles. The average molecular weight is 249 g/mol. The minimum absolute atomic E-state index is 0.222. The normalized spacial score (nSPS) is 10.8. The zero-order valence-corrected chi connectivity index (χ0v) is 10.2. The molecule has 0 saturated heterocycles. The third kappa shape index (κ3) is 2.50. The van der Waals surface area contributed by atoms with E-state index < -0.39 is 0 Å². The molecule has 0 aliphatic heterocycles. The molecule has 0 radical (unpaired) electrons. The van der Waals surface area contributed by atoms with Gasteiger partial charge in [0.05, 0.1) is 6.33 Å². The van der Waals surface area contributed by atoms with Gasteiger partial charge in [0.25, 0.3) is 5.91 Å². The summed E-state index contributed by atoms with van der Waals surface area (Å²) in [7, 11) is 0. The van der Waals surface area contributed by atoms with Crippen molar-refractivity contribution in [2.24, 2.45) is 5.92 Å². The molecule has 2 heterocycles. The van der Waals surface area contributed by atoms with Crippen molar-refractivity contribution >= 4 is 11.7 Å². The number of anilines is 1. The fourth-order valence-electron chi connectivity index (χ4n) is 1.36. The van der Waals surface area contributed by atoms with Gasteiger partial charge in [-0.15, -0.1) is 0 Å². The molecule has 7 heteroatoms. The highest BCUT2D eigenvalue weighted by molar-refractivity contribution is 5.92. The van der Waals surface area contributed by atoms with Crippen molar-refractivity contribution < 1.29 is 9.21 Å². The van der Waals surface area contributed by atoms with E-state index in [4.69, 9.17) is 10.2 Å². The molecule has 18 heavy (non-hydrogen) atoms. The van der Waals surface area contributed by atoms with E-state index in [9.17, 15) is 4.79 Å². The summed E-state index contributed by atoms with van der Waals surface area (Å²) in [6.45, 7) is 4.62. The highest BCUT2D eigenvalue weighted by Gasteiger charge is 2.16. The lowest BCUT2D eigenvalue weighted by molar-refractivity contribution is 0.0944. The number of aromatic amines is 1. The second-order valence-corrected chi connectivity index (χ2v) is 4.30. The first-order chi connectivity index (χ1) is 8.58. The zero-order valence-electron chi connectivity index (χ0n) is 10.2. The molecule has 2 aromatic rings. The van der Waals surface area contributed by atoms with E-state index in [-0.39, 0.29) is 23.3 Å². The Hall–Kier alpha value is -2.31. The van der Waals surface area contributed by atoms with Crippen LogP contribution in [0.25, 0.3) is 11.6 Å². The highest BCUT2D eigenvalue weighted by atomic mass is 16.3. The van der Waals surface area contributed by atoms with Gasteiger partial charge in [0, 0.05) is 6.54 Å². The number of aromatic nitrogens is 3. The predicted octanol–water partition coefficient (Wildman–Crippen LogP) is 1.03. The largest absolute Gasteiger partial charge is 0.442 e. The molecule has 0 aliphatic rings. The van der Waals surface area contributed by atoms with Crippen molar-refractivity contribution in [1.29, 1.82) is 0 Å². The first-order valence-electron chi connectivity index (χ1n) is 5.61. The van der Waals surface area contributed by atoms with Crippen LogP contribution in [0.5, 0.6) is 0 Å². The Bertz CT molecular complexity index is 543. The molecule has 2 rings (SSSR count). The van der Waals surface area contributed by atoms with Crippen LogP contribution >= 0.6 is 0 Å². The molecule has 0 unspecified atom stereocenters. The van der Waals surface area contributed by atoms with Crippen LogP contribution in [0.15, 0.2) is 17.0 Å². The van der Waals surface area contributed by atoms with Gasteiger partial charge in [0.15, 0.2) is 11.5 Å². The smallest absolute Gasteiger partial charge is 0.273 e. The maximum Gasteiger partial charge on any atom is 0.273 e. The second kappa shape index (κ2) is 4.91. The van der Waals surface area contributed by atoms with E-state index in [0.717, 1.165) is 0 Å². The van der Waals surface area contributed by atoms with Gasteiger partial charge in [-0.25, -0.2) is 9.97 Å². The number of hydrogen-bond acceptors (Lipinski definition) is 5. The molecule has 0 saturated carbocycles. The minimum Gasteiger partial charge on any atom is -0.442 e. The predicted molar refractivity (Wildman–Crippen MR) is 65.7 cm³/mol. The van der Waals surface area contributed by atoms with Crippen molar-refractivity contribution in [3.05, 3.63) is 18.3 Å². The van der Waals surface area contributed by atoms with E-state index >= 15 is 0 Å². The van der Waals surface area contributed by atoms with Crippen LogP contribution in [0.3, 0.4) is 0 Å². The molecule has 1 amide bonds. The molecule has 0 fully saturated rings. The quantitative estimate of drug-likeness (QED) is 0.749. The van der Waals surface area contributed by atoms with Gasteiger partial charge in [-0.1, -0.05) is 13.8 Å². The number of amides is 1. The van der Waals surface area contributed by atoms with Crippen LogP contribution < -0.4 is 11.1 Å². The first kappa shape index (κ1) is 12.2. The fraction of sp³-hybridized carbons (Fsp3) is 0.364. The fourth-order valence-corrected chi connectivity index (χ4v) is 1.36. The highest BCUT2D eigenvalue weighted by Crippen LogP contribution is 2.20. The van der Waals surface area contributed by atoms with E-state index in [1.54, 1.807) is 0 Å².